The summed E-state index contributed by atoms with van der Waals surface area (Å²) in [7, 11) is 0. The van der Waals surface area contributed by atoms with E-state index in [1.54, 1.807) is 18.5 Å². The number of aromatic nitrogens is 3. The zero-order valence-corrected chi connectivity index (χ0v) is 9.61. The van der Waals surface area contributed by atoms with Crippen LogP contribution >= 0.6 is 11.6 Å². The molecule has 0 aliphatic heterocycles. The topological polar surface area (TPSA) is 78.9 Å². The first-order chi connectivity index (χ1) is 8.16. The number of hydrogen-bond donors (Lipinski definition) is 2. The van der Waals surface area contributed by atoms with Crippen LogP contribution in [0.15, 0.2) is 24.5 Å². The van der Waals surface area contributed by atoms with Gasteiger partial charge < -0.3 is 10.1 Å². The lowest BCUT2D eigenvalue weighted by molar-refractivity contribution is -0.137. The number of pyridine rings is 1. The largest absolute Gasteiger partial charge is 0.481 e. The van der Waals surface area contributed by atoms with E-state index < -0.39 is 5.97 Å². The van der Waals surface area contributed by atoms with Gasteiger partial charge in [0.1, 0.15) is 16.7 Å². The molecule has 88 valence electrons. The van der Waals surface area contributed by atoms with Gasteiger partial charge in [0.15, 0.2) is 0 Å². The standard InChI is InChI=1S/C11H10ClN3O2/c12-11-10(7-2-1-5-13-6-7)14-8(15-11)3-4-9(16)17/h1-2,5-6H,3-4H2,(H,14,15)(H,16,17). The summed E-state index contributed by atoms with van der Waals surface area (Å²) in [6.45, 7) is 0. The van der Waals surface area contributed by atoms with E-state index in [2.05, 4.69) is 15.0 Å². The summed E-state index contributed by atoms with van der Waals surface area (Å²) in [5.41, 5.74) is 1.40. The maximum Gasteiger partial charge on any atom is 0.303 e. The van der Waals surface area contributed by atoms with Crippen molar-refractivity contribution in [2.45, 2.75) is 12.8 Å². The molecule has 0 spiro atoms. The molecule has 5 nitrogen and oxygen atoms in total. The first-order valence-electron chi connectivity index (χ1n) is 5.03. The molecule has 2 rings (SSSR count). The lowest BCUT2D eigenvalue weighted by Crippen LogP contribution is -1.98. The van der Waals surface area contributed by atoms with Crippen LogP contribution < -0.4 is 0 Å². The van der Waals surface area contributed by atoms with Crippen LogP contribution in [-0.4, -0.2) is 26.0 Å². The number of carboxylic acids is 1. The molecule has 0 amide bonds. The van der Waals surface area contributed by atoms with Crippen LogP contribution in [0, 0.1) is 0 Å². The normalized spacial score (nSPS) is 10.4. The molecule has 0 fully saturated rings. The summed E-state index contributed by atoms with van der Waals surface area (Å²) in [4.78, 5) is 21.6. The summed E-state index contributed by atoms with van der Waals surface area (Å²) in [6, 6.07) is 3.63. The van der Waals surface area contributed by atoms with Crippen LogP contribution in [0.2, 0.25) is 5.15 Å². The average Bonchev–Trinajstić information content (AvgIpc) is 2.69. The summed E-state index contributed by atoms with van der Waals surface area (Å²) in [5, 5.41) is 8.98. The van der Waals surface area contributed by atoms with E-state index in [-0.39, 0.29) is 6.42 Å². The predicted octanol–water partition coefficient (Wildman–Crippen LogP) is 2.14. The number of nitrogens with one attached hydrogen (secondary N) is 1. The smallest absolute Gasteiger partial charge is 0.303 e. The molecule has 6 heteroatoms. The van der Waals surface area contributed by atoms with Crippen molar-refractivity contribution < 1.29 is 9.90 Å². The predicted molar refractivity (Wildman–Crippen MR) is 62.8 cm³/mol. The first-order valence-corrected chi connectivity index (χ1v) is 5.41. The third-order valence-electron chi connectivity index (χ3n) is 2.22. The molecule has 2 aromatic rings. The number of rotatable bonds is 4. The zero-order chi connectivity index (χ0) is 12.3. The van der Waals surface area contributed by atoms with Crippen LogP contribution in [-0.2, 0) is 11.2 Å². The Morgan fingerprint density at radius 1 is 1.53 bits per heavy atom. The lowest BCUT2D eigenvalue weighted by atomic mass is 10.2. The van der Waals surface area contributed by atoms with Crippen molar-refractivity contribution in [3.05, 3.63) is 35.5 Å². The second kappa shape index (κ2) is 4.97. The molecule has 17 heavy (non-hydrogen) atoms. The Bertz CT molecular complexity index is 525. The van der Waals surface area contributed by atoms with Crippen molar-refractivity contribution in [3.8, 4) is 11.3 Å². The molecular weight excluding hydrogens is 242 g/mol. The Balaban J connectivity index is 2.22. The van der Waals surface area contributed by atoms with Gasteiger partial charge in [-0.05, 0) is 12.1 Å². The van der Waals surface area contributed by atoms with E-state index in [0.29, 0.717) is 23.1 Å². The molecule has 0 aliphatic rings. The molecule has 0 atom stereocenters. The highest BCUT2D eigenvalue weighted by molar-refractivity contribution is 6.31. The summed E-state index contributed by atoms with van der Waals surface area (Å²) in [5.74, 6) is -0.295. The molecule has 0 radical (unpaired) electrons. The van der Waals surface area contributed by atoms with Gasteiger partial charge in [-0.3, -0.25) is 9.78 Å². The van der Waals surface area contributed by atoms with Crippen molar-refractivity contribution in [2.24, 2.45) is 0 Å². The van der Waals surface area contributed by atoms with E-state index in [1.807, 2.05) is 6.07 Å². The number of carbonyl (C=O) groups is 1. The second-order valence-corrected chi connectivity index (χ2v) is 3.86. The van der Waals surface area contributed by atoms with Gasteiger partial charge in [-0.2, -0.15) is 0 Å². The Morgan fingerprint density at radius 3 is 3.00 bits per heavy atom. The van der Waals surface area contributed by atoms with E-state index in [0.717, 1.165) is 5.56 Å². The number of H-pyrrole nitrogens is 1. The van der Waals surface area contributed by atoms with Crippen LogP contribution in [0.5, 0.6) is 0 Å². The van der Waals surface area contributed by atoms with Crippen LogP contribution in [0.4, 0.5) is 0 Å². The Hall–Kier alpha value is -1.88. The van der Waals surface area contributed by atoms with Gasteiger partial charge in [0.25, 0.3) is 0 Å². The Kier molecular flexibility index (Phi) is 3.39. The van der Waals surface area contributed by atoms with Crippen molar-refractivity contribution in [2.75, 3.05) is 0 Å². The van der Waals surface area contributed by atoms with Gasteiger partial charge >= 0.3 is 5.97 Å². The molecule has 2 N–H and O–H groups in total. The number of imidazole rings is 1. The Labute approximate surface area is 102 Å². The first kappa shape index (κ1) is 11.6. The fraction of sp³-hybridized carbons (Fsp3) is 0.182. The minimum absolute atomic E-state index is 0.0241. The minimum atomic E-state index is -0.861. The van der Waals surface area contributed by atoms with Crippen molar-refractivity contribution in [3.63, 3.8) is 0 Å². The number of halogens is 1. The molecule has 0 saturated carbocycles. The molecule has 2 aromatic heterocycles. The van der Waals surface area contributed by atoms with Gasteiger partial charge in [-0.1, -0.05) is 11.6 Å². The molecule has 0 unspecified atom stereocenters. The monoisotopic (exact) mass is 251 g/mol. The fourth-order valence-electron chi connectivity index (χ4n) is 1.44. The van der Waals surface area contributed by atoms with Gasteiger partial charge in [0.05, 0.1) is 6.42 Å². The average molecular weight is 252 g/mol. The number of aliphatic carboxylic acids is 1. The van der Waals surface area contributed by atoms with E-state index in [9.17, 15) is 4.79 Å². The molecule has 2 heterocycles. The summed E-state index contributed by atoms with van der Waals surface area (Å²) in [6.07, 6.45) is 3.67. The van der Waals surface area contributed by atoms with E-state index >= 15 is 0 Å². The SMILES string of the molecule is O=C(O)CCc1nc(-c2cccnc2)c(Cl)[nH]1. The lowest BCUT2D eigenvalue weighted by Gasteiger charge is -1.94. The van der Waals surface area contributed by atoms with Crippen LogP contribution in [0.25, 0.3) is 11.3 Å². The number of aromatic amines is 1. The van der Waals surface area contributed by atoms with Crippen molar-refractivity contribution >= 4 is 17.6 Å². The van der Waals surface area contributed by atoms with Crippen molar-refractivity contribution in [1.82, 2.24) is 15.0 Å². The highest BCUT2D eigenvalue weighted by Crippen LogP contribution is 2.24. The maximum absolute atomic E-state index is 10.4. The van der Waals surface area contributed by atoms with E-state index in [4.69, 9.17) is 16.7 Å². The highest BCUT2D eigenvalue weighted by atomic mass is 35.5. The van der Waals surface area contributed by atoms with Gasteiger partial charge in [-0.15, -0.1) is 0 Å². The quantitative estimate of drug-likeness (QED) is 0.873. The third kappa shape index (κ3) is 2.82. The number of aryl methyl sites for hydroxylation is 1. The molecule has 0 aromatic carbocycles. The zero-order valence-electron chi connectivity index (χ0n) is 8.85. The second-order valence-electron chi connectivity index (χ2n) is 3.48. The number of hydrogen-bond acceptors (Lipinski definition) is 3. The van der Waals surface area contributed by atoms with Crippen LogP contribution in [0.1, 0.15) is 12.2 Å². The summed E-state index contributed by atoms with van der Waals surface area (Å²) >= 11 is 6.00. The third-order valence-corrected chi connectivity index (χ3v) is 2.49. The number of carboxylic acid groups (broad SMARTS) is 1. The molecule has 0 aliphatic carbocycles. The van der Waals surface area contributed by atoms with Gasteiger partial charge in [0, 0.05) is 24.4 Å². The molecular formula is C11H10ClN3O2. The minimum Gasteiger partial charge on any atom is -0.481 e. The molecule has 0 saturated heterocycles. The van der Waals surface area contributed by atoms with Crippen molar-refractivity contribution in [1.29, 1.82) is 0 Å². The van der Waals surface area contributed by atoms with Gasteiger partial charge in [0.2, 0.25) is 0 Å². The van der Waals surface area contributed by atoms with E-state index in [1.165, 1.54) is 0 Å². The van der Waals surface area contributed by atoms with Gasteiger partial charge in [-0.25, -0.2) is 4.98 Å². The highest BCUT2D eigenvalue weighted by Gasteiger charge is 2.11. The maximum atomic E-state index is 10.4. The number of nitrogens with zero attached hydrogens (tertiary/aromatic N) is 2. The summed E-state index contributed by atoms with van der Waals surface area (Å²) < 4.78 is 0. The fourth-order valence-corrected chi connectivity index (χ4v) is 1.70. The Morgan fingerprint density at radius 2 is 2.35 bits per heavy atom. The van der Waals surface area contributed by atoms with Crippen LogP contribution in [0.3, 0.4) is 0 Å². The molecule has 0 bridgehead atoms.